The van der Waals surface area contributed by atoms with Crippen LogP contribution in [-0.2, 0) is 13.6 Å². The number of rotatable bonds is 6. The summed E-state index contributed by atoms with van der Waals surface area (Å²) < 4.78 is 1.90. The van der Waals surface area contributed by atoms with Crippen LogP contribution < -0.4 is 10.2 Å². The van der Waals surface area contributed by atoms with Gasteiger partial charge in [-0.25, -0.2) is 0 Å². The third-order valence-corrected chi connectivity index (χ3v) is 3.36. The van der Waals surface area contributed by atoms with Gasteiger partial charge in [-0.05, 0) is 26.7 Å². The van der Waals surface area contributed by atoms with Gasteiger partial charge in [0, 0.05) is 38.8 Å². The van der Waals surface area contributed by atoms with Gasteiger partial charge in [-0.2, -0.15) is 5.10 Å². The minimum atomic E-state index is -0.338. The second-order valence-electron chi connectivity index (χ2n) is 5.40. The Bertz CT molecular complexity index is 409. The van der Waals surface area contributed by atoms with Gasteiger partial charge in [-0.3, -0.25) is 4.68 Å². The number of nitrogens with zero attached hydrogens (tertiary/aromatic N) is 3. The quantitative estimate of drug-likeness (QED) is 0.786. The molecular weight excluding hydrogens is 228 g/mol. The fourth-order valence-electron chi connectivity index (χ4n) is 2.39. The Morgan fingerprint density at radius 3 is 2.78 bits per heavy atom. The van der Waals surface area contributed by atoms with E-state index in [1.165, 1.54) is 18.4 Å². The molecule has 0 amide bonds. The van der Waals surface area contributed by atoms with E-state index in [1.807, 2.05) is 32.6 Å². The highest BCUT2D eigenvalue weighted by atomic mass is 16.3. The molecule has 0 bridgehead atoms. The number of hydrogen-bond donors (Lipinski definition) is 2. The van der Waals surface area contributed by atoms with Crippen molar-refractivity contribution in [3.8, 4) is 0 Å². The van der Waals surface area contributed by atoms with Gasteiger partial charge in [-0.1, -0.05) is 0 Å². The van der Waals surface area contributed by atoms with Gasteiger partial charge in [0.1, 0.15) is 5.82 Å². The Kier molecular flexibility index (Phi) is 3.92. The van der Waals surface area contributed by atoms with Gasteiger partial charge < -0.3 is 15.3 Å². The van der Waals surface area contributed by atoms with Gasteiger partial charge in [0.25, 0.3) is 0 Å². The van der Waals surface area contributed by atoms with Crippen LogP contribution in [0.2, 0.25) is 0 Å². The molecular formula is C13H24N4O. The number of aryl methyl sites for hydroxylation is 2. The predicted molar refractivity (Wildman–Crippen MR) is 72.8 cm³/mol. The zero-order valence-electron chi connectivity index (χ0n) is 11.8. The van der Waals surface area contributed by atoms with Crippen LogP contribution in [0.5, 0.6) is 0 Å². The Balaban J connectivity index is 2.14. The molecule has 18 heavy (non-hydrogen) atoms. The van der Waals surface area contributed by atoms with Crippen molar-refractivity contribution in [1.82, 2.24) is 15.1 Å². The van der Waals surface area contributed by atoms with Crippen LogP contribution in [0.25, 0.3) is 0 Å². The molecule has 1 unspecified atom stereocenters. The minimum Gasteiger partial charge on any atom is -0.392 e. The summed E-state index contributed by atoms with van der Waals surface area (Å²) in [6.07, 6.45) is 2.24. The maximum atomic E-state index is 9.51. The summed E-state index contributed by atoms with van der Waals surface area (Å²) >= 11 is 0. The molecule has 1 aromatic rings. The first-order valence-corrected chi connectivity index (χ1v) is 6.64. The SMILES string of the molecule is Cc1nn(C)c(N(C)CC(C)O)c1CNC1CC1. The van der Waals surface area contributed by atoms with E-state index in [4.69, 9.17) is 0 Å². The fourth-order valence-corrected chi connectivity index (χ4v) is 2.39. The van der Waals surface area contributed by atoms with Gasteiger partial charge in [-0.15, -0.1) is 0 Å². The smallest absolute Gasteiger partial charge is 0.131 e. The predicted octanol–water partition coefficient (Wildman–Crippen LogP) is 0.798. The highest BCUT2D eigenvalue weighted by Gasteiger charge is 2.23. The van der Waals surface area contributed by atoms with Crippen molar-refractivity contribution in [2.45, 2.75) is 45.4 Å². The van der Waals surface area contributed by atoms with Crippen LogP contribution in [0.15, 0.2) is 0 Å². The molecule has 1 aromatic heterocycles. The Labute approximate surface area is 109 Å². The van der Waals surface area contributed by atoms with Gasteiger partial charge in [0.15, 0.2) is 0 Å². The molecule has 1 heterocycles. The monoisotopic (exact) mass is 252 g/mol. The number of aromatic nitrogens is 2. The molecule has 1 aliphatic carbocycles. The molecule has 0 spiro atoms. The molecule has 0 radical (unpaired) electrons. The van der Waals surface area contributed by atoms with E-state index in [-0.39, 0.29) is 6.10 Å². The highest BCUT2D eigenvalue weighted by Crippen LogP contribution is 2.25. The first kappa shape index (κ1) is 13.4. The number of anilines is 1. The second kappa shape index (κ2) is 5.28. The van der Waals surface area contributed by atoms with Gasteiger partial charge in [0.05, 0.1) is 11.8 Å². The summed E-state index contributed by atoms with van der Waals surface area (Å²) in [6.45, 7) is 5.34. The lowest BCUT2D eigenvalue weighted by Crippen LogP contribution is -2.30. The first-order valence-electron chi connectivity index (χ1n) is 6.64. The molecule has 1 atom stereocenters. The maximum absolute atomic E-state index is 9.51. The normalized spacial score (nSPS) is 16.9. The summed E-state index contributed by atoms with van der Waals surface area (Å²) in [4.78, 5) is 2.08. The van der Waals surface area contributed by atoms with E-state index in [0.717, 1.165) is 18.1 Å². The molecule has 2 rings (SSSR count). The lowest BCUT2D eigenvalue weighted by molar-refractivity contribution is 0.201. The Morgan fingerprint density at radius 1 is 1.56 bits per heavy atom. The molecule has 102 valence electrons. The number of nitrogens with one attached hydrogen (secondary N) is 1. The third-order valence-electron chi connectivity index (χ3n) is 3.36. The molecule has 1 fully saturated rings. The van der Waals surface area contributed by atoms with E-state index in [9.17, 15) is 5.11 Å². The van der Waals surface area contributed by atoms with Crippen molar-refractivity contribution >= 4 is 5.82 Å². The molecule has 0 saturated heterocycles. The van der Waals surface area contributed by atoms with Crippen LogP contribution in [-0.4, -0.2) is 40.6 Å². The van der Waals surface area contributed by atoms with Crippen LogP contribution >= 0.6 is 0 Å². The number of aliphatic hydroxyl groups is 1. The zero-order chi connectivity index (χ0) is 13.3. The molecule has 1 saturated carbocycles. The fraction of sp³-hybridized carbons (Fsp3) is 0.769. The van der Waals surface area contributed by atoms with Crippen molar-refractivity contribution in [2.24, 2.45) is 7.05 Å². The first-order chi connectivity index (χ1) is 8.49. The van der Waals surface area contributed by atoms with Crippen LogP contribution in [0, 0.1) is 6.92 Å². The average Bonchev–Trinajstić information content (AvgIpc) is 3.01. The van der Waals surface area contributed by atoms with E-state index in [1.54, 1.807) is 0 Å². The maximum Gasteiger partial charge on any atom is 0.131 e. The largest absolute Gasteiger partial charge is 0.392 e. The van der Waals surface area contributed by atoms with E-state index < -0.39 is 0 Å². The summed E-state index contributed by atoms with van der Waals surface area (Å²) in [6, 6.07) is 0.694. The number of likely N-dealkylation sites (N-methyl/N-ethyl adjacent to an activating group) is 1. The molecule has 0 aromatic carbocycles. The lowest BCUT2D eigenvalue weighted by Gasteiger charge is -2.22. The zero-order valence-corrected chi connectivity index (χ0v) is 11.8. The summed E-state index contributed by atoms with van der Waals surface area (Å²) in [5, 5.41) is 17.5. The van der Waals surface area contributed by atoms with Crippen molar-refractivity contribution < 1.29 is 5.11 Å². The summed E-state index contributed by atoms with van der Waals surface area (Å²) in [5.41, 5.74) is 2.31. The topological polar surface area (TPSA) is 53.3 Å². The van der Waals surface area contributed by atoms with Crippen molar-refractivity contribution in [3.63, 3.8) is 0 Å². The van der Waals surface area contributed by atoms with Crippen molar-refractivity contribution in [3.05, 3.63) is 11.3 Å². The Morgan fingerprint density at radius 2 is 2.22 bits per heavy atom. The minimum absolute atomic E-state index is 0.338. The highest BCUT2D eigenvalue weighted by molar-refractivity contribution is 5.49. The number of aliphatic hydroxyl groups excluding tert-OH is 1. The lowest BCUT2D eigenvalue weighted by atomic mass is 10.2. The molecule has 0 aliphatic heterocycles. The standard InChI is InChI=1S/C13H24N4O/c1-9(18)8-16(3)13-12(7-14-11-5-6-11)10(2)15-17(13)4/h9,11,14,18H,5-8H2,1-4H3. The van der Waals surface area contributed by atoms with Crippen molar-refractivity contribution in [2.75, 3.05) is 18.5 Å². The van der Waals surface area contributed by atoms with E-state index >= 15 is 0 Å². The second-order valence-corrected chi connectivity index (χ2v) is 5.40. The molecule has 5 heteroatoms. The third kappa shape index (κ3) is 3.03. The van der Waals surface area contributed by atoms with Crippen LogP contribution in [0.1, 0.15) is 31.0 Å². The molecule has 5 nitrogen and oxygen atoms in total. The Hall–Kier alpha value is -1.07. The molecule has 2 N–H and O–H groups in total. The summed E-state index contributed by atoms with van der Waals surface area (Å²) in [5.74, 6) is 1.10. The molecule has 1 aliphatic rings. The van der Waals surface area contributed by atoms with Gasteiger partial charge >= 0.3 is 0 Å². The average molecular weight is 252 g/mol. The van der Waals surface area contributed by atoms with E-state index in [0.29, 0.717) is 12.6 Å². The van der Waals surface area contributed by atoms with E-state index in [2.05, 4.69) is 15.3 Å². The van der Waals surface area contributed by atoms with Crippen LogP contribution in [0.3, 0.4) is 0 Å². The van der Waals surface area contributed by atoms with Crippen LogP contribution in [0.4, 0.5) is 5.82 Å². The van der Waals surface area contributed by atoms with Crippen molar-refractivity contribution in [1.29, 1.82) is 0 Å². The van der Waals surface area contributed by atoms with Gasteiger partial charge in [0.2, 0.25) is 0 Å². The number of hydrogen-bond acceptors (Lipinski definition) is 4. The summed E-state index contributed by atoms with van der Waals surface area (Å²) in [7, 11) is 3.96.